The fourth-order valence-corrected chi connectivity index (χ4v) is 1.56. The highest BCUT2D eigenvalue weighted by Gasteiger charge is 2.15. The van der Waals surface area contributed by atoms with Crippen LogP contribution in [0.15, 0.2) is 0 Å². The summed E-state index contributed by atoms with van der Waals surface area (Å²) in [5.41, 5.74) is 5.69. The van der Waals surface area contributed by atoms with Gasteiger partial charge in [0, 0.05) is 26.8 Å². The van der Waals surface area contributed by atoms with Crippen molar-refractivity contribution in [3.8, 4) is 0 Å². The van der Waals surface area contributed by atoms with Crippen LogP contribution in [-0.2, 0) is 14.3 Å². The van der Waals surface area contributed by atoms with Crippen LogP contribution in [0, 0.1) is 0 Å². The predicted octanol–water partition coefficient (Wildman–Crippen LogP) is -0.275. The minimum Gasteiger partial charge on any atom is -0.385 e. The topological polar surface area (TPSA) is 84.7 Å². The molecule has 6 nitrogen and oxygen atoms in total. The summed E-state index contributed by atoms with van der Waals surface area (Å²) in [5.74, 6) is -0.371. The fourth-order valence-electron chi connectivity index (χ4n) is 1.56. The molecule has 0 aliphatic rings. The Morgan fingerprint density at radius 3 is 2.44 bits per heavy atom. The molecule has 0 rings (SSSR count). The molecule has 0 radical (unpaired) electrons. The number of likely N-dealkylation sites (N-methyl/N-ethyl adjacent to an activating group) is 1. The number of ether oxygens (including phenoxy) is 1. The maximum Gasteiger partial charge on any atom is 0.241 e. The number of nitrogens with one attached hydrogen (secondary N) is 1. The monoisotopic (exact) mass is 259 g/mol. The second kappa shape index (κ2) is 9.85. The minimum atomic E-state index is -0.579. The van der Waals surface area contributed by atoms with Gasteiger partial charge in [-0.1, -0.05) is 0 Å². The zero-order valence-electron chi connectivity index (χ0n) is 11.6. The Balaban J connectivity index is 3.90. The zero-order chi connectivity index (χ0) is 14.0. The SMILES string of the molecule is CCN(CC)C(=O)CNC(=O)C(N)CCCOC. The van der Waals surface area contributed by atoms with E-state index in [1.165, 1.54) is 0 Å². The van der Waals surface area contributed by atoms with Crippen LogP contribution in [0.2, 0.25) is 0 Å². The highest BCUT2D eigenvalue weighted by Crippen LogP contribution is 1.95. The molecule has 1 unspecified atom stereocenters. The molecule has 0 heterocycles. The van der Waals surface area contributed by atoms with Gasteiger partial charge in [-0.3, -0.25) is 9.59 Å². The van der Waals surface area contributed by atoms with Gasteiger partial charge in [0.05, 0.1) is 12.6 Å². The number of amides is 2. The number of carbonyl (C=O) groups is 2. The van der Waals surface area contributed by atoms with Crippen LogP contribution < -0.4 is 11.1 Å². The molecule has 0 saturated carbocycles. The number of hydrogen-bond donors (Lipinski definition) is 2. The molecule has 6 heteroatoms. The Hall–Kier alpha value is -1.14. The molecule has 2 amide bonds. The highest BCUT2D eigenvalue weighted by molar-refractivity contribution is 5.87. The maximum absolute atomic E-state index is 11.6. The molecule has 0 bridgehead atoms. The van der Waals surface area contributed by atoms with Gasteiger partial charge in [0.1, 0.15) is 0 Å². The summed E-state index contributed by atoms with van der Waals surface area (Å²) in [6.45, 7) is 5.69. The molecule has 0 spiro atoms. The molecule has 0 aliphatic carbocycles. The molecular formula is C12H25N3O3. The number of hydrogen-bond acceptors (Lipinski definition) is 4. The highest BCUT2D eigenvalue weighted by atomic mass is 16.5. The Kier molecular flexibility index (Phi) is 9.22. The van der Waals surface area contributed by atoms with Crippen LogP contribution in [-0.4, -0.2) is 56.1 Å². The van der Waals surface area contributed by atoms with E-state index in [4.69, 9.17) is 10.5 Å². The van der Waals surface area contributed by atoms with E-state index in [1.54, 1.807) is 12.0 Å². The van der Waals surface area contributed by atoms with E-state index in [2.05, 4.69) is 5.32 Å². The van der Waals surface area contributed by atoms with Crippen molar-refractivity contribution in [2.75, 3.05) is 33.4 Å². The van der Waals surface area contributed by atoms with Gasteiger partial charge in [0.15, 0.2) is 0 Å². The van der Waals surface area contributed by atoms with E-state index in [0.717, 1.165) is 6.42 Å². The van der Waals surface area contributed by atoms with Crippen molar-refractivity contribution in [3.05, 3.63) is 0 Å². The van der Waals surface area contributed by atoms with E-state index in [0.29, 0.717) is 26.1 Å². The first kappa shape index (κ1) is 16.9. The largest absolute Gasteiger partial charge is 0.385 e. The lowest BCUT2D eigenvalue weighted by molar-refractivity contribution is -0.132. The molecule has 0 aromatic heterocycles. The van der Waals surface area contributed by atoms with Gasteiger partial charge < -0.3 is 20.7 Å². The third-order valence-electron chi connectivity index (χ3n) is 2.73. The fraction of sp³-hybridized carbons (Fsp3) is 0.833. The quantitative estimate of drug-likeness (QED) is 0.558. The van der Waals surface area contributed by atoms with E-state index in [-0.39, 0.29) is 18.4 Å². The first-order valence-corrected chi connectivity index (χ1v) is 6.36. The molecule has 0 fully saturated rings. The summed E-state index contributed by atoms with van der Waals surface area (Å²) in [7, 11) is 1.61. The number of nitrogens with two attached hydrogens (primary N) is 1. The second-order valence-corrected chi connectivity index (χ2v) is 4.03. The summed E-state index contributed by atoms with van der Waals surface area (Å²) in [5, 5.41) is 2.56. The van der Waals surface area contributed by atoms with Gasteiger partial charge in [0.25, 0.3) is 0 Å². The van der Waals surface area contributed by atoms with E-state index in [9.17, 15) is 9.59 Å². The molecule has 0 aromatic rings. The van der Waals surface area contributed by atoms with Crippen LogP contribution in [0.1, 0.15) is 26.7 Å². The summed E-state index contributed by atoms with van der Waals surface area (Å²) < 4.78 is 4.88. The van der Waals surface area contributed by atoms with E-state index in [1.807, 2.05) is 13.8 Å². The molecule has 18 heavy (non-hydrogen) atoms. The van der Waals surface area contributed by atoms with Crippen molar-refractivity contribution < 1.29 is 14.3 Å². The van der Waals surface area contributed by atoms with Gasteiger partial charge in [-0.05, 0) is 26.7 Å². The molecular weight excluding hydrogens is 234 g/mol. The minimum absolute atomic E-state index is 0.0124. The van der Waals surface area contributed by atoms with Gasteiger partial charge in [-0.15, -0.1) is 0 Å². The van der Waals surface area contributed by atoms with Crippen LogP contribution in [0.5, 0.6) is 0 Å². The first-order chi connectivity index (χ1) is 8.56. The van der Waals surface area contributed by atoms with Gasteiger partial charge >= 0.3 is 0 Å². The van der Waals surface area contributed by atoms with Gasteiger partial charge in [-0.25, -0.2) is 0 Å². The van der Waals surface area contributed by atoms with Crippen LogP contribution in [0.25, 0.3) is 0 Å². The van der Waals surface area contributed by atoms with E-state index < -0.39 is 6.04 Å². The Labute approximate surface area is 109 Å². The van der Waals surface area contributed by atoms with Crippen LogP contribution in [0.4, 0.5) is 0 Å². The summed E-state index contributed by atoms with van der Waals surface area (Å²) >= 11 is 0. The zero-order valence-corrected chi connectivity index (χ0v) is 11.6. The summed E-state index contributed by atoms with van der Waals surface area (Å²) in [4.78, 5) is 24.9. The smallest absolute Gasteiger partial charge is 0.241 e. The maximum atomic E-state index is 11.6. The molecule has 0 saturated heterocycles. The second-order valence-electron chi connectivity index (χ2n) is 4.03. The van der Waals surface area contributed by atoms with Crippen molar-refractivity contribution in [1.29, 1.82) is 0 Å². The number of nitrogens with zero attached hydrogens (tertiary/aromatic N) is 1. The molecule has 0 aromatic carbocycles. The first-order valence-electron chi connectivity index (χ1n) is 6.36. The summed E-state index contributed by atoms with van der Waals surface area (Å²) in [6.07, 6.45) is 1.29. The third kappa shape index (κ3) is 6.56. The van der Waals surface area contributed by atoms with Gasteiger partial charge in [0.2, 0.25) is 11.8 Å². The third-order valence-corrected chi connectivity index (χ3v) is 2.73. The lowest BCUT2D eigenvalue weighted by Gasteiger charge is -2.19. The summed E-state index contributed by atoms with van der Waals surface area (Å²) in [6, 6.07) is -0.579. The van der Waals surface area contributed by atoms with E-state index >= 15 is 0 Å². The standard InChI is InChI=1S/C12H25N3O3/c1-4-15(5-2)11(16)9-14-12(17)10(13)7-6-8-18-3/h10H,4-9,13H2,1-3H3,(H,14,17). The van der Waals surface area contributed by atoms with Crippen LogP contribution >= 0.6 is 0 Å². The molecule has 0 aliphatic heterocycles. The Morgan fingerprint density at radius 2 is 1.94 bits per heavy atom. The predicted molar refractivity (Wildman–Crippen MR) is 70.0 cm³/mol. The van der Waals surface area contributed by atoms with Crippen molar-refractivity contribution in [1.82, 2.24) is 10.2 Å². The number of carbonyl (C=O) groups excluding carboxylic acids is 2. The lowest BCUT2D eigenvalue weighted by atomic mass is 10.1. The van der Waals surface area contributed by atoms with Crippen molar-refractivity contribution in [2.24, 2.45) is 5.73 Å². The van der Waals surface area contributed by atoms with Crippen molar-refractivity contribution in [2.45, 2.75) is 32.7 Å². The normalized spacial score (nSPS) is 12.0. The molecule has 3 N–H and O–H groups in total. The average molecular weight is 259 g/mol. The van der Waals surface area contributed by atoms with Crippen molar-refractivity contribution in [3.63, 3.8) is 0 Å². The molecule has 106 valence electrons. The Morgan fingerprint density at radius 1 is 1.33 bits per heavy atom. The number of rotatable bonds is 9. The lowest BCUT2D eigenvalue weighted by Crippen LogP contribution is -2.46. The van der Waals surface area contributed by atoms with Crippen LogP contribution in [0.3, 0.4) is 0 Å². The van der Waals surface area contributed by atoms with Crippen molar-refractivity contribution >= 4 is 11.8 Å². The number of methoxy groups -OCH3 is 1. The van der Waals surface area contributed by atoms with Gasteiger partial charge in [-0.2, -0.15) is 0 Å². The average Bonchev–Trinajstić information content (AvgIpc) is 2.37. The molecule has 1 atom stereocenters. The Bertz CT molecular complexity index is 255.